The third-order valence-corrected chi connectivity index (χ3v) is 28.0. The van der Waals surface area contributed by atoms with E-state index in [0.29, 0.717) is 51.8 Å². The summed E-state index contributed by atoms with van der Waals surface area (Å²) in [6.45, 7) is 24.4. The quantitative estimate of drug-likeness (QED) is 0.0153. The van der Waals surface area contributed by atoms with Gasteiger partial charge in [-0.15, -0.1) is 28.8 Å². The molecule has 61 heteroatoms. The molecule has 8 aliphatic heterocycles. The molecule has 40 unspecified atom stereocenters. The molecule has 0 aromatic carbocycles. The summed E-state index contributed by atoms with van der Waals surface area (Å²) in [5.74, 6) is 1.96. The zero-order chi connectivity index (χ0) is 98.2. The van der Waals surface area contributed by atoms with Crippen LogP contribution in [0.1, 0.15) is 40.0 Å². The van der Waals surface area contributed by atoms with Gasteiger partial charge in [0.1, 0.15) is 134 Å². The first kappa shape index (κ1) is 152. The predicted molar refractivity (Wildman–Crippen MR) is 447 cm³/mol. The second-order valence-electron chi connectivity index (χ2n) is 28.7. The summed E-state index contributed by atoms with van der Waals surface area (Å²) >= 11 is 10.7. The molecule has 8 heterocycles. The molecule has 8 rings (SSSR count). The molecule has 8 saturated heterocycles. The van der Waals surface area contributed by atoms with Crippen LogP contribution in [0.2, 0.25) is 0 Å². The molecule has 0 aliphatic carbocycles. The van der Waals surface area contributed by atoms with E-state index in [-0.39, 0.29) is 291 Å². The van der Waals surface area contributed by atoms with Crippen LogP contribution >= 0.6 is 94.1 Å². The van der Waals surface area contributed by atoms with Gasteiger partial charge in [0, 0.05) is 78.1 Å². The summed E-state index contributed by atoms with van der Waals surface area (Å²) in [6, 6.07) is 0. The van der Waals surface area contributed by atoms with E-state index in [4.69, 9.17) is 124 Å². The number of aliphatic carboxylic acids is 2. The van der Waals surface area contributed by atoms with Crippen molar-refractivity contribution in [3.05, 3.63) is 34.6 Å². The normalized spacial score (nSPS) is 37.2. The molecule has 0 amide bonds. The number of carbonyl (C=O) groups excluding carboxylic acids is 12. The minimum absolute atomic E-state index is 0. The molecular weight excluding hydrogens is 2070 g/mol. The third kappa shape index (κ3) is 50.2. The van der Waals surface area contributed by atoms with Gasteiger partial charge < -0.3 is 212 Å². The smallest absolute Gasteiger partial charge is 0.550 e. The van der Waals surface area contributed by atoms with Crippen LogP contribution in [0.3, 0.4) is 0 Å². The fraction of sp³-hybridized carbons (Fsp3) is 0.842. The van der Waals surface area contributed by atoms with Crippen LogP contribution in [-0.4, -0.2) is 470 Å². The first-order chi connectivity index (χ1) is 61.9. The fourth-order valence-corrected chi connectivity index (χ4v) is 20.3. The van der Waals surface area contributed by atoms with Gasteiger partial charge in [-0.05, 0) is 43.4 Å². The van der Waals surface area contributed by atoms with Gasteiger partial charge in [0.2, 0.25) is 0 Å². The fourth-order valence-electron chi connectivity index (χ4n) is 13.9. The molecule has 46 nitrogen and oxygen atoms in total. The minimum atomic E-state index is -1.90. The van der Waals surface area contributed by atoms with Crippen molar-refractivity contribution in [2.75, 3.05) is 106 Å². The zero-order valence-electron chi connectivity index (χ0n) is 78.2. The van der Waals surface area contributed by atoms with Crippen LogP contribution in [0.5, 0.6) is 0 Å². The Balaban J connectivity index is -0.000000527. The summed E-state index contributed by atoms with van der Waals surface area (Å²) in [4.78, 5) is 103. The number of aliphatic hydroxyl groups is 16. The van der Waals surface area contributed by atoms with Crippen molar-refractivity contribution in [1.29, 1.82) is 0 Å². The van der Waals surface area contributed by atoms with Crippen molar-refractivity contribution in [3.8, 4) is 0 Å². The summed E-state index contributed by atoms with van der Waals surface area (Å²) in [6.07, 6.45) is -51.8. The maximum absolute atomic E-state index is 11.6. The van der Waals surface area contributed by atoms with Crippen LogP contribution < -0.4 is 217 Å². The molecule has 0 radical (unpaired) electrons. The van der Waals surface area contributed by atoms with Crippen LogP contribution in [0.25, 0.3) is 0 Å². The van der Waals surface area contributed by atoms with Crippen LogP contribution in [0.15, 0.2) is 0 Å². The van der Waals surface area contributed by atoms with Crippen molar-refractivity contribution >= 4 is 137 Å². The molecule has 8 aliphatic rings. The number of methoxy groups -OCH3 is 2. The van der Waals surface area contributed by atoms with E-state index in [0.717, 1.165) is 29.9 Å². The molecule has 0 bridgehead atoms. The number of hydrogen-bond donors (Lipinski definition) is 16. The van der Waals surface area contributed by atoms with E-state index < -0.39 is 257 Å². The molecule has 0 aromatic rings. The Kier molecular flexibility index (Phi) is 95.1. The number of aliphatic hydroxyl groups excluding tert-OH is 16. The molecule has 0 saturated carbocycles. The second kappa shape index (κ2) is 85.7. The average Bonchev–Trinajstić information content (AvgIpc) is 0.773. The molecule has 16 N–H and O–H groups in total. The second-order valence-corrected chi connectivity index (χ2v) is 37.9. The number of rotatable bonds is 43. The van der Waals surface area contributed by atoms with Gasteiger partial charge in [-0.3, -0.25) is 0 Å². The molecule has 137 heavy (non-hydrogen) atoms. The van der Waals surface area contributed by atoms with E-state index in [1.54, 1.807) is 13.8 Å². The molecule has 754 valence electrons. The van der Waals surface area contributed by atoms with Gasteiger partial charge in [-0.2, -0.15) is 142 Å². The summed E-state index contributed by atoms with van der Waals surface area (Å²) < 4.78 is 95.5. The van der Waals surface area contributed by atoms with E-state index in [2.05, 4.69) is 34.6 Å². The van der Waals surface area contributed by atoms with Crippen LogP contribution in [0.4, 0.5) is 0 Å². The Hall–Kier alpha value is 4.36. The largest absolute Gasteiger partial charge is 1.00 e. The van der Waals surface area contributed by atoms with Crippen molar-refractivity contribution in [2.45, 2.75) is 279 Å². The monoisotopic (exact) mass is 2180 g/mol. The van der Waals surface area contributed by atoms with Gasteiger partial charge in [0.15, 0.2) is 44.0 Å². The van der Waals surface area contributed by atoms with Crippen LogP contribution in [-0.2, 0) is 133 Å². The topological polar surface area (TPSA) is 722 Å². The number of carboxylic acids is 2. The van der Waals surface area contributed by atoms with Gasteiger partial charge in [0.05, 0.1) is 61.0 Å². The van der Waals surface area contributed by atoms with E-state index in [1.165, 1.54) is 84.8 Å². The summed E-state index contributed by atoms with van der Waals surface area (Å²) in [5, 5.41) is 201. The Morgan fingerprint density at radius 2 is 0.467 bits per heavy atom. The average molecular weight is 2190 g/mol. The minimum Gasteiger partial charge on any atom is -0.550 e. The SMILES string of the molecule is O=C=O.O=C=O.O=C=O.O=C=O.O=C=O.[CH2-]CSCC1OC(OC2C(CSCCC(=O)[O-])OC(OC3C(CSCCC)OC(OC4C(CSCCC(=O)[O-])OC(OC)C(O)C4O)C(O)C3O)C(O)C2O)C(O)C(O)C1OC.[CH2-]CSCC1OC(OC2C(CSC[CH2-])OC(OC3C(CSC[CH2-])OC(OC4C(CSC[CH2-])OC(C)C(O)C4O)C(O)C3O)C(O)C2O)C(O)C(O)C1C.[Na+].[Na+].[Na+].[Na+].[Na+].[Na+].[Na+]. The number of ether oxygens (including phenoxy) is 16. The zero-order valence-corrected chi connectivity index (χ0v) is 98.8. The first-order valence-corrected chi connectivity index (χ1v) is 49.2. The van der Waals surface area contributed by atoms with E-state index in [9.17, 15) is 102 Å². The Morgan fingerprint density at radius 3 is 0.701 bits per heavy atom. The standard InChI is InChI=1S/C37H63O21S4.C34H58O15S4.5CO2.7Na/c1-5-9-60-13-18-32(24(44)28(48)36(54-18)56-31-17(14-61-10-7-20(38)39)52-34(51-4)26(46)23(31)43)58-37-29(49)25(45)33(19(55-37)15-62-11-8-21(40)41)57-35-27(47)22(42)30(50-3)16(53-35)12-59-6-2;1-7-50-11-17-15(5)21(35)26(40)32(44-17)48-30-19(13-52-9-3)46-34(28(42)24(30)38)49-31-20(14-53-10-4)45-33(27(41)25(31)39)47-29-18(12-51-8-2)43-16(6)22(36)23(29)37;5*2-1-3;;;;;;;/h16-19,22-37,42-49H,2,5-15H2,1,3-4H3,(H,38,39)(H,40,41);15-42H,1-4,7-14H2,5-6H3;;;;;;;;;;;;/q-1;-4;;;;;;7*+1/p-2. The Labute approximate surface area is 982 Å². The Morgan fingerprint density at radius 1 is 0.277 bits per heavy atom. The van der Waals surface area contributed by atoms with Gasteiger partial charge in [0.25, 0.3) is 0 Å². The van der Waals surface area contributed by atoms with Gasteiger partial charge in [-0.1, -0.05) is 13.8 Å². The number of carbonyl (C=O) groups is 2. The van der Waals surface area contributed by atoms with Crippen LogP contribution in [0, 0.1) is 40.5 Å². The predicted octanol–water partition coefficient (Wildman–Crippen LogP) is -29.9. The van der Waals surface area contributed by atoms with Crippen molar-refractivity contribution in [2.24, 2.45) is 5.92 Å². The maximum Gasteiger partial charge on any atom is 1.00 e. The van der Waals surface area contributed by atoms with Crippen molar-refractivity contribution in [3.63, 3.8) is 0 Å². The van der Waals surface area contributed by atoms with E-state index >= 15 is 0 Å². The summed E-state index contributed by atoms with van der Waals surface area (Å²) in [7, 11) is 2.60. The Bertz CT molecular complexity index is 3220. The maximum atomic E-state index is 11.6. The number of hydrogen-bond acceptors (Lipinski definition) is 54. The van der Waals surface area contributed by atoms with Gasteiger partial charge in [-0.25, -0.2) is 0 Å². The summed E-state index contributed by atoms with van der Waals surface area (Å²) in [5.41, 5.74) is 0. The van der Waals surface area contributed by atoms with Crippen molar-refractivity contribution in [1.82, 2.24) is 0 Å². The molecule has 0 aromatic heterocycles. The molecule has 8 fully saturated rings. The number of carboxylic acid groups (broad SMARTS) is 2. The number of thioether (sulfide) groups is 8. The molecule has 40 atom stereocenters. The van der Waals surface area contributed by atoms with Crippen molar-refractivity contribution < 1.29 is 432 Å². The molecular formula is C76H119Na7O46S8. The third-order valence-electron chi connectivity index (χ3n) is 20.3. The molecule has 0 spiro atoms. The first-order valence-electron chi connectivity index (χ1n) is 40.0. The van der Waals surface area contributed by atoms with Gasteiger partial charge >= 0.3 is 238 Å². The van der Waals surface area contributed by atoms with E-state index in [1.807, 2.05) is 6.92 Å².